The number of ketones is 1. The number of hydrogen-bond acceptors (Lipinski definition) is 4. The highest BCUT2D eigenvalue weighted by molar-refractivity contribution is 6.10. The number of hydrogen-bond donors (Lipinski definition) is 1. The lowest BCUT2D eigenvalue weighted by Crippen LogP contribution is -2.38. The van der Waals surface area contributed by atoms with Crippen molar-refractivity contribution in [1.29, 1.82) is 5.26 Å². The maximum Gasteiger partial charge on any atom is 0.245 e. The first-order chi connectivity index (χ1) is 11.5. The molecule has 0 radical (unpaired) electrons. The van der Waals surface area contributed by atoms with E-state index in [-0.39, 0.29) is 12.6 Å². The lowest BCUT2D eigenvalue weighted by atomic mass is 10.0. The van der Waals surface area contributed by atoms with E-state index in [1.165, 1.54) is 6.07 Å². The zero-order valence-corrected chi connectivity index (χ0v) is 12.8. The summed E-state index contributed by atoms with van der Waals surface area (Å²) in [5.41, 5.74) is -0.401. The van der Waals surface area contributed by atoms with Gasteiger partial charge >= 0.3 is 0 Å². The second kappa shape index (κ2) is 8.31. The Bertz CT molecular complexity index is 671. The summed E-state index contributed by atoms with van der Waals surface area (Å²) in [6, 6.07) is 4.89. The minimum atomic E-state index is -1.57. The molecule has 2 rings (SSSR count). The van der Waals surface area contributed by atoms with Crippen LogP contribution in [0.5, 0.6) is 0 Å². The van der Waals surface area contributed by atoms with Crippen molar-refractivity contribution in [1.82, 2.24) is 5.32 Å². The highest BCUT2D eigenvalue weighted by Gasteiger charge is 2.26. The molecule has 1 aromatic rings. The fourth-order valence-corrected chi connectivity index (χ4v) is 2.30. The summed E-state index contributed by atoms with van der Waals surface area (Å²) >= 11 is 0. The number of nitrogens with zero attached hydrogens (tertiary/aromatic N) is 1. The largest absolute Gasteiger partial charge is 0.376 e. The summed E-state index contributed by atoms with van der Waals surface area (Å²) in [5, 5.41) is 11.5. The van der Waals surface area contributed by atoms with Crippen molar-refractivity contribution in [2.24, 2.45) is 5.92 Å². The van der Waals surface area contributed by atoms with Gasteiger partial charge in [0, 0.05) is 18.7 Å². The van der Waals surface area contributed by atoms with Crippen LogP contribution in [0.25, 0.3) is 6.08 Å². The molecule has 0 spiro atoms. The van der Waals surface area contributed by atoms with Crippen LogP contribution in [0.1, 0.15) is 18.4 Å². The van der Waals surface area contributed by atoms with Crippen LogP contribution in [0.4, 0.5) is 8.78 Å². The summed E-state index contributed by atoms with van der Waals surface area (Å²) in [5.74, 6) is -4.84. The molecule has 0 bridgehead atoms. The van der Waals surface area contributed by atoms with Gasteiger partial charge < -0.3 is 10.1 Å². The Morgan fingerprint density at radius 2 is 2.12 bits per heavy atom. The Morgan fingerprint density at radius 3 is 2.71 bits per heavy atom. The van der Waals surface area contributed by atoms with Crippen molar-refractivity contribution in [3.8, 4) is 6.07 Å². The molecule has 24 heavy (non-hydrogen) atoms. The van der Waals surface area contributed by atoms with Gasteiger partial charge in [0.05, 0.1) is 12.2 Å². The lowest BCUT2D eigenvalue weighted by molar-refractivity contribution is -0.129. The Labute approximate surface area is 137 Å². The third-order valence-electron chi connectivity index (χ3n) is 3.62. The fraction of sp³-hybridized carbons (Fsp3) is 0.353. The Balaban J connectivity index is 1.99. The molecule has 1 N–H and O–H groups in total. The molecule has 7 heteroatoms. The molecule has 1 heterocycles. The van der Waals surface area contributed by atoms with E-state index in [9.17, 15) is 18.4 Å². The number of carbonyl (C=O) groups excluding carboxylic acids is 2. The van der Waals surface area contributed by atoms with Crippen molar-refractivity contribution in [2.75, 3.05) is 13.2 Å². The monoisotopic (exact) mass is 334 g/mol. The van der Waals surface area contributed by atoms with E-state index in [0.29, 0.717) is 6.61 Å². The van der Waals surface area contributed by atoms with Crippen LogP contribution in [0.15, 0.2) is 24.3 Å². The van der Waals surface area contributed by atoms with Gasteiger partial charge in [-0.15, -0.1) is 0 Å². The molecular weight excluding hydrogens is 318 g/mol. The second-order valence-electron chi connectivity index (χ2n) is 5.31. The minimum Gasteiger partial charge on any atom is -0.376 e. The number of halogens is 2. The van der Waals surface area contributed by atoms with Crippen molar-refractivity contribution in [2.45, 2.75) is 18.9 Å². The Kier molecular flexibility index (Phi) is 6.15. The lowest BCUT2D eigenvalue weighted by Gasteiger charge is -2.12. The molecule has 0 aliphatic carbocycles. The molecule has 1 aliphatic heterocycles. The number of allylic oxidation sites excluding steroid dienone is 1. The third-order valence-corrected chi connectivity index (χ3v) is 3.62. The van der Waals surface area contributed by atoms with Crippen LogP contribution < -0.4 is 5.32 Å². The first kappa shape index (κ1) is 17.8. The molecule has 2 atom stereocenters. The average molecular weight is 334 g/mol. The molecule has 5 nitrogen and oxygen atoms in total. The first-order valence-electron chi connectivity index (χ1n) is 7.47. The molecule has 126 valence electrons. The number of nitrogens with one attached hydrogen (secondary N) is 1. The van der Waals surface area contributed by atoms with E-state index in [4.69, 9.17) is 10.00 Å². The van der Waals surface area contributed by atoms with Crippen LogP contribution in [0.3, 0.4) is 0 Å². The molecule has 1 aromatic carbocycles. The van der Waals surface area contributed by atoms with E-state index in [1.807, 2.05) is 0 Å². The quantitative estimate of drug-likeness (QED) is 0.637. The van der Waals surface area contributed by atoms with Crippen molar-refractivity contribution in [3.63, 3.8) is 0 Å². The Morgan fingerprint density at radius 1 is 1.42 bits per heavy atom. The van der Waals surface area contributed by atoms with Gasteiger partial charge in [0.15, 0.2) is 11.7 Å². The normalized spacial score (nSPS) is 18.3. The maximum absolute atomic E-state index is 13.5. The van der Waals surface area contributed by atoms with Crippen LogP contribution in [0.2, 0.25) is 0 Å². The summed E-state index contributed by atoms with van der Waals surface area (Å²) < 4.78 is 32.3. The van der Waals surface area contributed by atoms with Gasteiger partial charge in [0.2, 0.25) is 5.91 Å². The molecule has 2 unspecified atom stereocenters. The number of ether oxygens (including phenoxy) is 1. The molecule has 1 saturated heterocycles. The van der Waals surface area contributed by atoms with Crippen molar-refractivity contribution < 1.29 is 23.1 Å². The number of amides is 1. The second-order valence-corrected chi connectivity index (χ2v) is 5.31. The van der Waals surface area contributed by atoms with Gasteiger partial charge in [-0.1, -0.05) is 6.07 Å². The Hall–Kier alpha value is -2.59. The summed E-state index contributed by atoms with van der Waals surface area (Å²) in [6.07, 6.45) is 3.34. The maximum atomic E-state index is 13.5. The van der Waals surface area contributed by atoms with Gasteiger partial charge in [0.1, 0.15) is 11.6 Å². The van der Waals surface area contributed by atoms with Gasteiger partial charge in [-0.3, -0.25) is 9.59 Å². The average Bonchev–Trinajstić information content (AvgIpc) is 3.06. The molecular formula is C17H16F2N2O3. The number of benzene rings is 1. The standard InChI is InChI=1S/C17H16F2N2O3/c18-14-4-1-5-15(19)12(14)6-7-16(22)13(9-20)17(23)21-10-11-3-2-8-24-11/h1,4-7,11,13H,2-3,8,10H2,(H,21,23)/b7-6+. The molecule has 1 aliphatic rings. The van der Waals surface area contributed by atoms with Crippen LogP contribution in [-0.4, -0.2) is 30.9 Å². The van der Waals surface area contributed by atoms with E-state index in [1.54, 1.807) is 6.07 Å². The van der Waals surface area contributed by atoms with Crippen molar-refractivity contribution in [3.05, 3.63) is 41.5 Å². The zero-order chi connectivity index (χ0) is 17.5. The predicted octanol–water partition coefficient (Wildman–Crippen LogP) is 1.98. The van der Waals surface area contributed by atoms with E-state index < -0.39 is 34.8 Å². The van der Waals surface area contributed by atoms with Crippen LogP contribution in [0, 0.1) is 28.9 Å². The molecule has 0 saturated carbocycles. The predicted molar refractivity (Wildman–Crippen MR) is 81.5 cm³/mol. The first-order valence-corrected chi connectivity index (χ1v) is 7.47. The van der Waals surface area contributed by atoms with Crippen LogP contribution in [-0.2, 0) is 14.3 Å². The van der Waals surface area contributed by atoms with Gasteiger partial charge in [-0.05, 0) is 37.1 Å². The van der Waals surface area contributed by atoms with E-state index >= 15 is 0 Å². The highest BCUT2D eigenvalue weighted by atomic mass is 19.1. The number of nitriles is 1. The summed E-state index contributed by atoms with van der Waals surface area (Å²) in [6.45, 7) is 0.841. The molecule has 1 fully saturated rings. The van der Waals surface area contributed by atoms with Gasteiger partial charge in [-0.2, -0.15) is 5.26 Å². The molecule has 0 aromatic heterocycles. The van der Waals surface area contributed by atoms with Crippen molar-refractivity contribution >= 4 is 17.8 Å². The summed E-state index contributed by atoms with van der Waals surface area (Å²) in [4.78, 5) is 23.9. The van der Waals surface area contributed by atoms with E-state index in [0.717, 1.165) is 37.1 Å². The highest BCUT2D eigenvalue weighted by Crippen LogP contribution is 2.14. The molecule has 1 amide bonds. The third kappa shape index (κ3) is 4.46. The smallest absolute Gasteiger partial charge is 0.245 e. The minimum absolute atomic E-state index is 0.119. The van der Waals surface area contributed by atoms with E-state index in [2.05, 4.69) is 5.32 Å². The topological polar surface area (TPSA) is 79.2 Å². The SMILES string of the molecule is N#CC(C(=O)/C=C/c1c(F)cccc1F)C(=O)NCC1CCCO1. The van der Waals surface area contributed by atoms with Crippen LogP contribution >= 0.6 is 0 Å². The zero-order valence-electron chi connectivity index (χ0n) is 12.8. The summed E-state index contributed by atoms with van der Waals surface area (Å²) in [7, 11) is 0. The fourth-order valence-electron chi connectivity index (χ4n) is 2.30. The van der Waals surface area contributed by atoms with Gasteiger partial charge in [-0.25, -0.2) is 8.78 Å². The number of rotatable bonds is 6. The number of carbonyl (C=O) groups is 2. The van der Waals surface area contributed by atoms with Gasteiger partial charge in [0.25, 0.3) is 0 Å².